The number of azo groups is 1. The number of carboxylic acid groups (broad SMARTS) is 1. The lowest BCUT2D eigenvalue weighted by Crippen LogP contribution is -2.00. The molecule has 0 spiro atoms. The molecule has 0 saturated heterocycles. The molecule has 122 valence electrons. The first-order valence-corrected chi connectivity index (χ1v) is 7.50. The molecule has 0 atom stereocenters. The molecule has 7 heteroatoms. The van der Waals surface area contributed by atoms with Crippen LogP contribution in [0.25, 0.3) is 5.65 Å². The first-order valence-electron chi connectivity index (χ1n) is 7.50. The van der Waals surface area contributed by atoms with Gasteiger partial charge in [0.05, 0.1) is 17.8 Å². The lowest BCUT2D eigenvalue weighted by Gasteiger charge is -1.99. The minimum Gasteiger partial charge on any atom is -0.504 e. The van der Waals surface area contributed by atoms with Gasteiger partial charge in [-0.3, -0.25) is 9.20 Å². The van der Waals surface area contributed by atoms with Crippen LogP contribution in [0.2, 0.25) is 0 Å². The Labute approximate surface area is 137 Å². The molecule has 7 nitrogen and oxygen atoms in total. The van der Waals surface area contributed by atoms with Gasteiger partial charge >= 0.3 is 5.97 Å². The highest BCUT2D eigenvalue weighted by atomic mass is 16.4. The summed E-state index contributed by atoms with van der Waals surface area (Å²) in [6.45, 7) is 2.07. The van der Waals surface area contributed by atoms with E-state index >= 15 is 0 Å². The highest BCUT2D eigenvalue weighted by Crippen LogP contribution is 2.28. The standard InChI is InChI=1S/C17H16N4O3/c1-2-11-5-7-12(8-6-11)19-20-16-13(10-15(23)24)18-17-14(22)4-3-9-21(16)17/h3-9,22H,2,10H2,1H3,(H,23,24). The van der Waals surface area contributed by atoms with E-state index in [2.05, 4.69) is 22.1 Å². The van der Waals surface area contributed by atoms with E-state index < -0.39 is 5.97 Å². The summed E-state index contributed by atoms with van der Waals surface area (Å²) in [4.78, 5) is 15.2. The van der Waals surface area contributed by atoms with Crippen molar-refractivity contribution in [2.75, 3.05) is 0 Å². The minimum atomic E-state index is -1.03. The van der Waals surface area contributed by atoms with E-state index in [1.807, 2.05) is 24.3 Å². The van der Waals surface area contributed by atoms with Crippen LogP contribution in [-0.4, -0.2) is 25.6 Å². The second-order valence-electron chi connectivity index (χ2n) is 5.26. The largest absolute Gasteiger partial charge is 0.504 e. The van der Waals surface area contributed by atoms with Crippen LogP contribution in [0.5, 0.6) is 5.75 Å². The molecule has 1 aromatic carbocycles. The van der Waals surface area contributed by atoms with Crippen LogP contribution in [0.1, 0.15) is 18.2 Å². The van der Waals surface area contributed by atoms with E-state index in [1.54, 1.807) is 12.3 Å². The van der Waals surface area contributed by atoms with Crippen molar-refractivity contribution >= 4 is 23.1 Å². The van der Waals surface area contributed by atoms with E-state index in [0.717, 1.165) is 6.42 Å². The Hall–Kier alpha value is -3.22. The molecule has 0 saturated carbocycles. The van der Waals surface area contributed by atoms with Gasteiger partial charge in [-0.25, -0.2) is 4.98 Å². The summed E-state index contributed by atoms with van der Waals surface area (Å²) in [6, 6.07) is 10.7. The van der Waals surface area contributed by atoms with Crippen molar-refractivity contribution in [2.45, 2.75) is 19.8 Å². The second-order valence-corrected chi connectivity index (χ2v) is 5.26. The number of nitrogens with zero attached hydrogens (tertiary/aromatic N) is 4. The fraction of sp³-hybridized carbons (Fsp3) is 0.176. The number of aromatic hydroxyl groups is 1. The van der Waals surface area contributed by atoms with Crippen LogP contribution < -0.4 is 0 Å². The summed E-state index contributed by atoms with van der Waals surface area (Å²) >= 11 is 0. The fourth-order valence-corrected chi connectivity index (χ4v) is 2.36. The second kappa shape index (κ2) is 6.49. The number of carbonyl (C=O) groups is 1. The van der Waals surface area contributed by atoms with E-state index in [1.165, 1.54) is 16.0 Å². The van der Waals surface area contributed by atoms with Crippen molar-refractivity contribution in [1.82, 2.24) is 9.38 Å². The van der Waals surface area contributed by atoms with Crippen molar-refractivity contribution in [1.29, 1.82) is 0 Å². The van der Waals surface area contributed by atoms with Gasteiger partial charge in [0, 0.05) is 6.20 Å². The molecule has 2 N–H and O–H groups in total. The average Bonchev–Trinajstić information content (AvgIpc) is 2.91. The van der Waals surface area contributed by atoms with Crippen molar-refractivity contribution in [3.8, 4) is 5.75 Å². The zero-order valence-electron chi connectivity index (χ0n) is 13.0. The number of aliphatic carboxylic acids is 1. The van der Waals surface area contributed by atoms with E-state index in [9.17, 15) is 9.90 Å². The predicted octanol–water partition coefficient (Wildman–Crippen LogP) is 3.64. The third kappa shape index (κ3) is 3.10. The number of rotatable bonds is 5. The van der Waals surface area contributed by atoms with Crippen LogP contribution in [0.15, 0.2) is 52.8 Å². The van der Waals surface area contributed by atoms with Gasteiger partial charge in [-0.1, -0.05) is 19.1 Å². The molecule has 0 amide bonds. The topological polar surface area (TPSA) is 99.5 Å². The fourth-order valence-electron chi connectivity index (χ4n) is 2.36. The molecule has 0 bridgehead atoms. The van der Waals surface area contributed by atoms with Crippen molar-refractivity contribution in [3.05, 3.63) is 53.9 Å². The Kier molecular flexibility index (Phi) is 4.24. The van der Waals surface area contributed by atoms with Crippen LogP contribution in [0.4, 0.5) is 11.5 Å². The number of fused-ring (bicyclic) bond motifs is 1. The normalized spacial score (nSPS) is 11.4. The third-order valence-electron chi connectivity index (χ3n) is 3.60. The molecule has 2 heterocycles. The number of pyridine rings is 1. The van der Waals surface area contributed by atoms with E-state index in [0.29, 0.717) is 11.5 Å². The summed E-state index contributed by atoms with van der Waals surface area (Å²) in [5.74, 6) is -0.776. The maximum atomic E-state index is 11.0. The highest BCUT2D eigenvalue weighted by Gasteiger charge is 2.16. The molecular weight excluding hydrogens is 308 g/mol. The van der Waals surface area contributed by atoms with Gasteiger partial charge in [0.15, 0.2) is 17.2 Å². The molecule has 0 fully saturated rings. The zero-order chi connectivity index (χ0) is 17.1. The predicted molar refractivity (Wildman–Crippen MR) is 88.2 cm³/mol. The monoisotopic (exact) mass is 324 g/mol. The van der Waals surface area contributed by atoms with Gasteiger partial charge in [0.1, 0.15) is 0 Å². The molecule has 0 aliphatic rings. The molecule has 3 aromatic rings. The quantitative estimate of drug-likeness (QED) is 0.700. The van der Waals surface area contributed by atoms with Crippen LogP contribution >= 0.6 is 0 Å². The van der Waals surface area contributed by atoms with Gasteiger partial charge in [-0.15, -0.1) is 10.2 Å². The molecule has 0 aliphatic heterocycles. The van der Waals surface area contributed by atoms with Crippen LogP contribution in [-0.2, 0) is 17.6 Å². The van der Waals surface area contributed by atoms with E-state index in [4.69, 9.17) is 5.11 Å². The third-order valence-corrected chi connectivity index (χ3v) is 3.60. The Morgan fingerprint density at radius 1 is 1.21 bits per heavy atom. The van der Waals surface area contributed by atoms with Crippen LogP contribution in [0, 0.1) is 0 Å². The van der Waals surface area contributed by atoms with Crippen LogP contribution in [0.3, 0.4) is 0 Å². The smallest absolute Gasteiger partial charge is 0.309 e. The van der Waals surface area contributed by atoms with Gasteiger partial charge in [0.25, 0.3) is 0 Å². The van der Waals surface area contributed by atoms with Gasteiger partial charge in [-0.05, 0) is 36.2 Å². The van der Waals surface area contributed by atoms with Crippen molar-refractivity contribution in [3.63, 3.8) is 0 Å². The van der Waals surface area contributed by atoms with E-state index in [-0.39, 0.29) is 23.5 Å². The van der Waals surface area contributed by atoms with Gasteiger partial charge in [0.2, 0.25) is 0 Å². The number of benzene rings is 1. The number of carboxylic acids is 1. The molecular formula is C17H16N4O3. The van der Waals surface area contributed by atoms with Gasteiger partial charge in [-0.2, -0.15) is 0 Å². The SMILES string of the molecule is CCc1ccc(N=Nc2c(CC(=O)O)nc3c(O)cccn23)cc1. The first kappa shape index (κ1) is 15.7. The lowest BCUT2D eigenvalue weighted by molar-refractivity contribution is -0.136. The Bertz CT molecular complexity index is 913. The van der Waals surface area contributed by atoms with Crippen molar-refractivity contribution < 1.29 is 15.0 Å². The molecule has 0 unspecified atom stereocenters. The average molecular weight is 324 g/mol. The van der Waals surface area contributed by atoms with Crippen molar-refractivity contribution in [2.24, 2.45) is 10.2 Å². The molecule has 0 radical (unpaired) electrons. The summed E-state index contributed by atoms with van der Waals surface area (Å²) < 4.78 is 1.53. The lowest BCUT2D eigenvalue weighted by atomic mass is 10.2. The molecule has 0 aliphatic carbocycles. The Balaban J connectivity index is 2.04. The summed E-state index contributed by atoms with van der Waals surface area (Å²) in [5, 5.41) is 27.3. The number of hydrogen-bond donors (Lipinski definition) is 2. The number of aromatic nitrogens is 2. The first-order chi connectivity index (χ1) is 11.6. The summed E-state index contributed by atoms with van der Waals surface area (Å²) in [6.07, 6.45) is 2.29. The number of aryl methyl sites for hydroxylation is 1. The zero-order valence-corrected chi connectivity index (χ0v) is 13.0. The summed E-state index contributed by atoms with van der Waals surface area (Å²) in [5.41, 5.74) is 2.35. The highest BCUT2D eigenvalue weighted by molar-refractivity contribution is 5.73. The number of imidazole rings is 1. The molecule has 2 aromatic heterocycles. The Morgan fingerprint density at radius 3 is 2.62 bits per heavy atom. The maximum absolute atomic E-state index is 11.0. The number of hydrogen-bond acceptors (Lipinski definition) is 5. The molecule has 3 rings (SSSR count). The maximum Gasteiger partial charge on any atom is 0.309 e. The minimum absolute atomic E-state index is 0.0436. The Morgan fingerprint density at radius 2 is 1.96 bits per heavy atom. The van der Waals surface area contributed by atoms with Gasteiger partial charge < -0.3 is 10.2 Å². The summed E-state index contributed by atoms with van der Waals surface area (Å²) in [7, 11) is 0. The molecule has 24 heavy (non-hydrogen) atoms.